The number of benzene rings is 2. The smallest absolute Gasteiger partial charge is 0.257 e. The summed E-state index contributed by atoms with van der Waals surface area (Å²) in [4.78, 5) is 28.2. The van der Waals surface area contributed by atoms with E-state index in [4.69, 9.17) is 15.2 Å². The average molecular weight is 357 g/mol. The number of carbonyl (C=O) groups excluding carboxylic acids is 2. The number of nitrogens with one attached hydrogen (secondary N) is 1. The fraction of sp³-hybridized carbons (Fsp3) is 0.118. The lowest BCUT2D eigenvalue weighted by Crippen LogP contribution is -2.12. The summed E-state index contributed by atoms with van der Waals surface area (Å²) in [5, 5.41) is 3.10. The van der Waals surface area contributed by atoms with Crippen molar-refractivity contribution < 1.29 is 19.1 Å². The molecule has 8 heteroatoms. The number of nitrogens with two attached hydrogens (primary N) is 1. The van der Waals surface area contributed by atoms with E-state index in [-0.39, 0.29) is 5.91 Å². The van der Waals surface area contributed by atoms with Crippen LogP contribution in [0.25, 0.3) is 10.2 Å². The lowest BCUT2D eigenvalue weighted by molar-refractivity contribution is 0.0999. The summed E-state index contributed by atoms with van der Waals surface area (Å²) < 4.78 is 11.1. The van der Waals surface area contributed by atoms with Gasteiger partial charge in [-0.15, -0.1) is 0 Å². The van der Waals surface area contributed by atoms with Crippen molar-refractivity contribution in [1.82, 2.24) is 4.98 Å². The van der Waals surface area contributed by atoms with Gasteiger partial charge in [-0.3, -0.25) is 14.9 Å². The number of amides is 2. The van der Waals surface area contributed by atoms with E-state index < -0.39 is 5.91 Å². The Morgan fingerprint density at radius 1 is 1.12 bits per heavy atom. The lowest BCUT2D eigenvalue weighted by atomic mass is 10.2. The first-order valence-corrected chi connectivity index (χ1v) is 8.08. The molecule has 0 unspecified atom stereocenters. The molecule has 0 saturated heterocycles. The minimum Gasteiger partial charge on any atom is -0.493 e. The van der Waals surface area contributed by atoms with Crippen LogP contribution in [0.4, 0.5) is 5.13 Å². The Bertz CT molecular complexity index is 968. The van der Waals surface area contributed by atoms with E-state index in [0.29, 0.717) is 33.3 Å². The molecule has 2 aromatic carbocycles. The normalized spacial score (nSPS) is 10.5. The first-order valence-electron chi connectivity index (χ1n) is 7.26. The maximum absolute atomic E-state index is 12.4. The van der Waals surface area contributed by atoms with Crippen LogP contribution in [0.3, 0.4) is 0 Å². The fourth-order valence-electron chi connectivity index (χ4n) is 2.35. The Hall–Kier alpha value is -3.13. The third-order valence-corrected chi connectivity index (χ3v) is 4.49. The third-order valence-electron chi connectivity index (χ3n) is 3.55. The maximum atomic E-state index is 12.4. The summed E-state index contributed by atoms with van der Waals surface area (Å²) in [6, 6.07) is 9.99. The molecule has 0 atom stereocenters. The zero-order chi connectivity index (χ0) is 18.0. The van der Waals surface area contributed by atoms with E-state index in [1.54, 1.807) is 30.3 Å². The molecule has 0 fully saturated rings. The molecular formula is C17H15N3O4S. The number of ether oxygens (including phenoxy) is 2. The number of aromatic nitrogens is 1. The number of hydrogen-bond acceptors (Lipinski definition) is 6. The van der Waals surface area contributed by atoms with Crippen LogP contribution in [-0.4, -0.2) is 31.0 Å². The Morgan fingerprint density at radius 3 is 2.56 bits per heavy atom. The molecule has 7 nitrogen and oxygen atoms in total. The standard InChI is InChI=1S/C17H15N3O4S/c1-23-11-7-6-9(8-12(11)24-2)16(22)20-17-19-14-10(15(18)21)4-3-5-13(14)25-17/h3-8H,1-2H3,(H2,18,21)(H,19,20,22). The molecule has 0 spiro atoms. The van der Waals surface area contributed by atoms with Crippen LogP contribution < -0.4 is 20.5 Å². The van der Waals surface area contributed by atoms with Gasteiger partial charge in [0.2, 0.25) is 0 Å². The molecule has 3 aromatic rings. The van der Waals surface area contributed by atoms with Crippen LogP contribution in [-0.2, 0) is 0 Å². The molecule has 0 aliphatic carbocycles. The number of para-hydroxylation sites is 1. The molecule has 3 rings (SSSR count). The molecule has 3 N–H and O–H groups in total. The first kappa shape index (κ1) is 16.7. The molecule has 0 saturated carbocycles. The first-order chi connectivity index (χ1) is 12.0. The number of hydrogen-bond donors (Lipinski definition) is 2. The topological polar surface area (TPSA) is 104 Å². The van der Waals surface area contributed by atoms with Crippen molar-refractivity contribution in [1.29, 1.82) is 0 Å². The van der Waals surface area contributed by atoms with Crippen LogP contribution in [0, 0.1) is 0 Å². The van der Waals surface area contributed by atoms with Gasteiger partial charge in [-0.25, -0.2) is 4.98 Å². The van der Waals surface area contributed by atoms with E-state index in [9.17, 15) is 9.59 Å². The predicted molar refractivity (Wildman–Crippen MR) is 95.6 cm³/mol. The number of rotatable bonds is 5. The Morgan fingerprint density at radius 2 is 1.88 bits per heavy atom. The molecule has 0 radical (unpaired) electrons. The van der Waals surface area contributed by atoms with Gasteiger partial charge in [-0.05, 0) is 30.3 Å². The maximum Gasteiger partial charge on any atom is 0.257 e. The third kappa shape index (κ3) is 3.24. The highest BCUT2D eigenvalue weighted by atomic mass is 32.1. The molecular weight excluding hydrogens is 342 g/mol. The van der Waals surface area contributed by atoms with Gasteiger partial charge in [0, 0.05) is 5.56 Å². The van der Waals surface area contributed by atoms with E-state index >= 15 is 0 Å². The number of anilines is 1. The molecule has 0 aliphatic rings. The molecule has 1 aromatic heterocycles. The molecule has 25 heavy (non-hydrogen) atoms. The Balaban J connectivity index is 1.90. The highest BCUT2D eigenvalue weighted by Gasteiger charge is 2.15. The summed E-state index contributed by atoms with van der Waals surface area (Å²) >= 11 is 1.26. The van der Waals surface area contributed by atoms with Crippen molar-refractivity contribution >= 4 is 38.5 Å². The van der Waals surface area contributed by atoms with Crippen LogP contribution in [0.5, 0.6) is 11.5 Å². The minimum atomic E-state index is -0.561. The van der Waals surface area contributed by atoms with Gasteiger partial charge >= 0.3 is 0 Å². The summed E-state index contributed by atoms with van der Waals surface area (Å²) in [5.74, 6) is 0.0786. The van der Waals surface area contributed by atoms with Crippen molar-refractivity contribution in [3.63, 3.8) is 0 Å². The van der Waals surface area contributed by atoms with Gasteiger partial charge < -0.3 is 15.2 Å². The highest BCUT2D eigenvalue weighted by molar-refractivity contribution is 7.22. The van der Waals surface area contributed by atoms with Gasteiger partial charge in [0.15, 0.2) is 16.6 Å². The van der Waals surface area contributed by atoms with Crippen LogP contribution in [0.2, 0.25) is 0 Å². The number of fused-ring (bicyclic) bond motifs is 1. The summed E-state index contributed by atoms with van der Waals surface area (Å²) in [7, 11) is 3.02. The molecule has 0 bridgehead atoms. The second-order valence-corrected chi connectivity index (χ2v) is 6.09. The molecule has 0 aliphatic heterocycles. The number of nitrogens with zero attached hydrogens (tertiary/aromatic N) is 1. The molecule has 1 heterocycles. The van der Waals surface area contributed by atoms with Crippen LogP contribution >= 0.6 is 11.3 Å². The van der Waals surface area contributed by atoms with Gasteiger partial charge in [0.25, 0.3) is 11.8 Å². The second kappa shape index (κ2) is 6.78. The SMILES string of the molecule is COc1ccc(C(=O)Nc2nc3c(C(N)=O)cccc3s2)cc1OC. The number of thiazole rings is 1. The number of carbonyl (C=O) groups is 2. The lowest BCUT2D eigenvalue weighted by Gasteiger charge is -2.09. The largest absolute Gasteiger partial charge is 0.493 e. The fourth-order valence-corrected chi connectivity index (χ4v) is 3.24. The monoisotopic (exact) mass is 357 g/mol. The quantitative estimate of drug-likeness (QED) is 0.731. The summed E-state index contributed by atoms with van der Waals surface area (Å²) in [5.41, 5.74) is 6.54. The predicted octanol–water partition coefficient (Wildman–Crippen LogP) is 2.66. The number of methoxy groups -OCH3 is 2. The number of primary amides is 1. The average Bonchev–Trinajstić information content (AvgIpc) is 3.02. The summed E-state index contributed by atoms with van der Waals surface area (Å²) in [6.45, 7) is 0. The van der Waals surface area contributed by atoms with E-state index in [1.165, 1.54) is 25.6 Å². The van der Waals surface area contributed by atoms with Gasteiger partial charge in [0.05, 0.1) is 30.0 Å². The van der Waals surface area contributed by atoms with Crippen molar-refractivity contribution in [2.24, 2.45) is 5.73 Å². The molecule has 2 amide bonds. The Kier molecular flexibility index (Phi) is 4.53. The van der Waals surface area contributed by atoms with Gasteiger partial charge in [-0.1, -0.05) is 17.4 Å². The van der Waals surface area contributed by atoms with E-state index in [1.807, 2.05) is 6.07 Å². The second-order valence-electron chi connectivity index (χ2n) is 5.06. The zero-order valence-electron chi connectivity index (χ0n) is 13.5. The zero-order valence-corrected chi connectivity index (χ0v) is 14.3. The van der Waals surface area contributed by atoms with Crippen LogP contribution in [0.15, 0.2) is 36.4 Å². The van der Waals surface area contributed by atoms with Crippen molar-refractivity contribution in [3.8, 4) is 11.5 Å². The van der Waals surface area contributed by atoms with Crippen molar-refractivity contribution in [2.75, 3.05) is 19.5 Å². The van der Waals surface area contributed by atoms with E-state index in [2.05, 4.69) is 10.3 Å². The highest BCUT2D eigenvalue weighted by Crippen LogP contribution is 2.30. The Labute approximate surface area is 147 Å². The summed E-state index contributed by atoms with van der Waals surface area (Å²) in [6.07, 6.45) is 0. The van der Waals surface area contributed by atoms with Gasteiger partial charge in [-0.2, -0.15) is 0 Å². The molecule has 128 valence electrons. The van der Waals surface area contributed by atoms with Gasteiger partial charge in [0.1, 0.15) is 0 Å². The van der Waals surface area contributed by atoms with Crippen molar-refractivity contribution in [3.05, 3.63) is 47.5 Å². The van der Waals surface area contributed by atoms with E-state index in [0.717, 1.165) is 4.70 Å². The minimum absolute atomic E-state index is 0.320. The van der Waals surface area contributed by atoms with Crippen molar-refractivity contribution in [2.45, 2.75) is 0 Å². The van der Waals surface area contributed by atoms with Crippen LogP contribution in [0.1, 0.15) is 20.7 Å².